The van der Waals surface area contributed by atoms with Gasteiger partial charge in [-0.15, -0.1) is 23.1 Å². The van der Waals surface area contributed by atoms with Gasteiger partial charge in [-0.1, -0.05) is 0 Å². The Bertz CT molecular complexity index is 1260. The summed E-state index contributed by atoms with van der Waals surface area (Å²) in [6.07, 6.45) is -1.24. The average molecular weight is 503 g/mol. The number of aromatic nitrogens is 1. The monoisotopic (exact) mass is 502 g/mol. The molecule has 0 atom stereocenters. The van der Waals surface area contributed by atoms with E-state index in [-0.39, 0.29) is 24.6 Å². The smallest absolute Gasteiger partial charge is 0.415 e. The largest absolute Gasteiger partial charge is 0.504 e. The van der Waals surface area contributed by atoms with Gasteiger partial charge in [-0.3, -0.25) is 4.99 Å². The summed E-state index contributed by atoms with van der Waals surface area (Å²) < 4.78 is 11.5. The van der Waals surface area contributed by atoms with Gasteiger partial charge in [-0.2, -0.15) is 0 Å². The van der Waals surface area contributed by atoms with Gasteiger partial charge >= 0.3 is 12.2 Å². The molecular formula is C22H22N4O6S2. The summed E-state index contributed by atoms with van der Waals surface area (Å²) in [7, 11) is 3.09. The zero-order chi connectivity index (χ0) is 24.2. The van der Waals surface area contributed by atoms with Crippen LogP contribution in [0.15, 0.2) is 41.4 Å². The number of nitrogens with zero attached hydrogens (tertiary/aromatic N) is 4. The number of thiazole rings is 1. The number of hydrogen-bond donors (Lipinski definition) is 2. The SMILES string of the molecule is CN(CCN(C)C(=O)Oc1ccc2nc(C3=NCCS3)sc2c1)C(=O)Oc1ccc(O)c(O)c1. The normalized spacial score (nSPS) is 12.9. The number of benzene rings is 2. The van der Waals surface area contributed by atoms with Crippen molar-refractivity contribution in [2.24, 2.45) is 4.99 Å². The van der Waals surface area contributed by atoms with Gasteiger partial charge in [-0.05, 0) is 24.3 Å². The van der Waals surface area contributed by atoms with Gasteiger partial charge < -0.3 is 29.5 Å². The Kier molecular flexibility index (Phi) is 7.08. The van der Waals surface area contributed by atoms with Gasteiger partial charge in [0.2, 0.25) is 0 Å². The van der Waals surface area contributed by atoms with Crippen LogP contribution >= 0.6 is 23.1 Å². The first kappa shape index (κ1) is 23.6. The molecule has 1 aliphatic rings. The lowest BCUT2D eigenvalue weighted by Crippen LogP contribution is -2.39. The first-order chi connectivity index (χ1) is 16.3. The van der Waals surface area contributed by atoms with Crippen molar-refractivity contribution in [3.05, 3.63) is 41.4 Å². The second kappa shape index (κ2) is 10.2. The molecule has 1 aromatic heterocycles. The molecule has 0 saturated carbocycles. The van der Waals surface area contributed by atoms with E-state index in [2.05, 4.69) is 9.98 Å². The summed E-state index contributed by atoms with van der Waals surface area (Å²) in [4.78, 5) is 36.4. The van der Waals surface area contributed by atoms with Crippen molar-refractivity contribution in [2.45, 2.75) is 0 Å². The second-order valence-corrected chi connectivity index (χ2v) is 9.53. The first-order valence-corrected chi connectivity index (χ1v) is 12.1. The Labute approximate surface area is 203 Å². The first-order valence-electron chi connectivity index (χ1n) is 10.3. The molecular weight excluding hydrogens is 480 g/mol. The Morgan fingerprint density at radius 3 is 2.24 bits per heavy atom. The number of hydrogen-bond acceptors (Lipinski definition) is 10. The number of phenols is 2. The predicted octanol–water partition coefficient (Wildman–Crippen LogP) is 3.76. The summed E-state index contributed by atoms with van der Waals surface area (Å²) in [5.74, 6) is 0.744. The molecule has 1 aliphatic heterocycles. The van der Waals surface area contributed by atoms with Crippen LogP contribution in [0.5, 0.6) is 23.0 Å². The molecule has 2 aromatic carbocycles. The number of aromatic hydroxyl groups is 2. The molecule has 2 N–H and O–H groups in total. The molecule has 178 valence electrons. The molecule has 0 unspecified atom stereocenters. The zero-order valence-electron chi connectivity index (χ0n) is 18.4. The third-order valence-corrected chi connectivity index (χ3v) is 7.02. The molecule has 34 heavy (non-hydrogen) atoms. The maximum atomic E-state index is 12.5. The summed E-state index contributed by atoms with van der Waals surface area (Å²) in [5.41, 5.74) is 0.824. The van der Waals surface area contributed by atoms with E-state index in [4.69, 9.17) is 9.47 Å². The van der Waals surface area contributed by atoms with Crippen molar-refractivity contribution in [2.75, 3.05) is 39.5 Å². The number of carbonyl (C=O) groups is 2. The Morgan fingerprint density at radius 2 is 1.62 bits per heavy atom. The molecule has 0 bridgehead atoms. The predicted molar refractivity (Wildman–Crippen MR) is 131 cm³/mol. The highest BCUT2D eigenvalue weighted by Crippen LogP contribution is 2.31. The Hall–Kier alpha value is -3.51. The molecule has 3 aromatic rings. The van der Waals surface area contributed by atoms with E-state index in [0.717, 1.165) is 38.6 Å². The summed E-state index contributed by atoms with van der Waals surface area (Å²) in [6, 6.07) is 8.98. The molecule has 10 nitrogen and oxygen atoms in total. The highest BCUT2D eigenvalue weighted by atomic mass is 32.2. The van der Waals surface area contributed by atoms with Crippen LogP contribution in [-0.4, -0.2) is 81.7 Å². The molecule has 2 amide bonds. The van der Waals surface area contributed by atoms with Crippen molar-refractivity contribution >= 4 is 50.5 Å². The number of rotatable bonds is 6. The summed E-state index contributed by atoms with van der Waals surface area (Å²) in [5, 5.41) is 20.6. The minimum absolute atomic E-state index is 0.0835. The van der Waals surface area contributed by atoms with E-state index >= 15 is 0 Å². The molecule has 0 saturated heterocycles. The molecule has 4 rings (SSSR count). The van der Waals surface area contributed by atoms with Crippen molar-refractivity contribution in [1.82, 2.24) is 14.8 Å². The van der Waals surface area contributed by atoms with E-state index in [0.29, 0.717) is 5.75 Å². The summed E-state index contributed by atoms with van der Waals surface area (Å²) >= 11 is 3.20. The quantitative estimate of drug-likeness (QED) is 0.488. The molecule has 2 heterocycles. The van der Waals surface area contributed by atoms with Gasteiger partial charge in [0, 0.05) is 51.6 Å². The number of amides is 2. The van der Waals surface area contributed by atoms with Gasteiger partial charge in [0.1, 0.15) is 21.6 Å². The van der Waals surface area contributed by atoms with Crippen LogP contribution in [0.4, 0.5) is 9.59 Å². The van der Waals surface area contributed by atoms with Gasteiger partial charge in [0.05, 0.1) is 10.2 Å². The molecule has 0 radical (unpaired) electrons. The van der Waals surface area contributed by atoms with Crippen molar-refractivity contribution < 1.29 is 29.3 Å². The van der Waals surface area contributed by atoms with E-state index in [1.165, 1.54) is 40.3 Å². The number of carbonyl (C=O) groups excluding carboxylic acids is 2. The van der Waals surface area contributed by atoms with E-state index < -0.39 is 17.9 Å². The minimum Gasteiger partial charge on any atom is -0.504 e. The van der Waals surface area contributed by atoms with Crippen molar-refractivity contribution in [1.29, 1.82) is 0 Å². The third kappa shape index (κ3) is 5.51. The van der Waals surface area contributed by atoms with Crippen molar-refractivity contribution in [3.8, 4) is 23.0 Å². The van der Waals surface area contributed by atoms with Crippen LogP contribution < -0.4 is 9.47 Å². The van der Waals surface area contributed by atoms with E-state index in [9.17, 15) is 19.8 Å². The van der Waals surface area contributed by atoms with E-state index in [1.807, 2.05) is 6.07 Å². The third-order valence-electron chi connectivity index (χ3n) is 4.88. The van der Waals surface area contributed by atoms with Gasteiger partial charge in [-0.25, -0.2) is 14.6 Å². The Morgan fingerprint density at radius 1 is 0.971 bits per heavy atom. The maximum Gasteiger partial charge on any atom is 0.415 e. The van der Waals surface area contributed by atoms with Crippen LogP contribution in [0.3, 0.4) is 0 Å². The minimum atomic E-state index is -0.677. The lowest BCUT2D eigenvalue weighted by molar-refractivity contribution is 0.145. The zero-order valence-corrected chi connectivity index (χ0v) is 20.1. The van der Waals surface area contributed by atoms with E-state index in [1.54, 1.807) is 30.9 Å². The number of phenolic OH excluding ortho intramolecular Hbond substituents is 2. The number of aliphatic imine (C=N–C) groups is 1. The average Bonchev–Trinajstić information content (AvgIpc) is 3.49. The molecule has 0 fully saturated rings. The van der Waals surface area contributed by atoms with Crippen LogP contribution in [0.1, 0.15) is 5.01 Å². The number of thioether (sulfide) groups is 1. The fraction of sp³-hybridized carbons (Fsp3) is 0.273. The molecule has 0 aliphatic carbocycles. The van der Waals surface area contributed by atoms with Crippen molar-refractivity contribution in [3.63, 3.8) is 0 Å². The Balaban J connectivity index is 1.29. The molecule has 12 heteroatoms. The second-order valence-electron chi connectivity index (χ2n) is 7.41. The maximum absolute atomic E-state index is 12.5. The van der Waals surface area contributed by atoms with Crippen LogP contribution in [0, 0.1) is 0 Å². The lowest BCUT2D eigenvalue weighted by atomic mass is 10.3. The lowest BCUT2D eigenvalue weighted by Gasteiger charge is -2.21. The standard InChI is InChI=1S/C22H22N4O6S2/c1-25(21(29)31-13-4-6-16(27)17(28)11-13)8-9-26(2)22(30)32-14-3-5-15-18(12-14)34-20(24-15)19-23-7-10-33-19/h3-6,11-12,27-28H,7-10H2,1-2H3. The number of fused-ring (bicyclic) bond motifs is 1. The number of likely N-dealkylation sites (N-methyl/N-ethyl adjacent to an activating group) is 2. The van der Waals surface area contributed by atoms with Crippen LogP contribution in [-0.2, 0) is 0 Å². The summed E-state index contributed by atoms with van der Waals surface area (Å²) in [6.45, 7) is 1.19. The number of ether oxygens (including phenoxy) is 2. The molecule has 0 spiro atoms. The van der Waals surface area contributed by atoms with Crippen LogP contribution in [0.2, 0.25) is 0 Å². The fourth-order valence-electron chi connectivity index (χ4n) is 2.93. The van der Waals surface area contributed by atoms with Gasteiger partial charge in [0.15, 0.2) is 11.5 Å². The highest BCUT2D eigenvalue weighted by molar-refractivity contribution is 8.15. The van der Waals surface area contributed by atoms with Crippen LogP contribution in [0.25, 0.3) is 10.2 Å². The topological polar surface area (TPSA) is 125 Å². The highest BCUT2D eigenvalue weighted by Gasteiger charge is 2.18. The fourth-order valence-corrected chi connectivity index (χ4v) is 4.86. The van der Waals surface area contributed by atoms with Gasteiger partial charge in [0.25, 0.3) is 0 Å².